The average Bonchev–Trinajstić information content (AvgIpc) is 1.66. The van der Waals surface area contributed by atoms with E-state index in [1.807, 2.05) is 0 Å². The van der Waals surface area contributed by atoms with Crippen LogP contribution < -0.4 is 30.7 Å². The van der Waals surface area contributed by atoms with E-state index in [-0.39, 0.29) is 6.61 Å². The standard InChI is InChI=1S/C42H61N3O36S2/c1-8-16(43-9(2)48)37(76-28-24(56)29(81-83(66,67)68)41(78-31(28)36(61)62)79-33-21(53)17(45-82(63,64)65)32-42(33)15(80-42)7-69-32)71-13(5-46)25(8)73-40-23(55)22(54)27(30(77-40)35(59)60)75-38-18(44-10(3)49)20(52)26(14(6-47)72-38)74-39-19(51)11(50)4-12(70-39)34(57)58/h4,8,11,13-33,37-41,45-47,50-56H,5-7H2,1-3H3,(H,43,48)(H,44,49)(H,57,58)(H,59,60)(H,61,62)(H,63,64,65)(H,66,67,68)/p-5/t8-,11+,13-,14-,15-,16-,17-,18-,19-,20-,21-,22-,23-,24+,25+,26-,27+,28?,29-,30?,31?,32?,33?,37-,38-,39+,40-,41+,42+/m1/s1. The summed E-state index contributed by atoms with van der Waals surface area (Å²) in [6.07, 6.45) is -50.9. The molecule has 0 aromatic rings. The normalized spacial score (nSPS) is 46.1. The number of carbonyl (C=O) groups excluding carboxylic acids is 5. The molecule has 1 aliphatic carbocycles. The van der Waals surface area contributed by atoms with E-state index >= 15 is 0 Å². The summed E-state index contributed by atoms with van der Waals surface area (Å²) < 4.78 is 145. The number of aliphatic hydroxyl groups excluding tert-OH is 9. The summed E-state index contributed by atoms with van der Waals surface area (Å²) in [6, 6.07) is -5.40. The number of aliphatic hydroxyl groups is 9. The van der Waals surface area contributed by atoms with Gasteiger partial charge in [0.05, 0.1) is 49.9 Å². The zero-order valence-electron chi connectivity index (χ0n) is 42.7. The van der Waals surface area contributed by atoms with E-state index in [2.05, 4.69) is 14.8 Å². The summed E-state index contributed by atoms with van der Waals surface area (Å²) in [6.45, 7) is 0.538. The van der Waals surface area contributed by atoms with Crippen LogP contribution in [-0.2, 0) is 106 Å². The van der Waals surface area contributed by atoms with Crippen LogP contribution in [0, 0.1) is 5.92 Å². The van der Waals surface area contributed by atoms with E-state index in [1.165, 1.54) is 6.92 Å². The van der Waals surface area contributed by atoms with Crippen LogP contribution in [0.2, 0.25) is 0 Å². The molecule has 0 aromatic carbocycles. The SMILES string of the molecule is CC(=O)N[C@H]1[C@@H](OC2C(C(=O)[O-])O[C@@H](OC3[C@H](O)[C@@H](NS(=O)(=O)[O-])C4OC[C@H]5O[C@]345)[C@H](OS(=O)(=O)[O-])[C@H]2O)O[C@H](CO)[C@@H](O[C@@H]2OC(C(=O)[O-])[C@@H](O[C@H]3O[C@H](CO)[C@@H](O[C@@H]4OC(C(=O)[O-])=C[C@H](O)[C@H]4O)[C@H](O)[C@H]3NC(C)=O)[C@H](O)[C@H]2O)[C@@H]1C. The first-order chi connectivity index (χ1) is 38.7. The van der Waals surface area contributed by atoms with Crippen molar-refractivity contribution in [3.63, 3.8) is 0 Å². The van der Waals surface area contributed by atoms with Gasteiger partial charge in [0.15, 0.2) is 47.2 Å². The average molecular weight is 1240 g/mol. The van der Waals surface area contributed by atoms with Crippen molar-refractivity contribution in [2.24, 2.45) is 5.92 Å². The number of nitrogens with one attached hydrogen (secondary N) is 3. The third-order valence-corrected chi connectivity index (χ3v) is 15.8. The molecule has 83 heavy (non-hydrogen) atoms. The first-order valence-corrected chi connectivity index (χ1v) is 27.6. The van der Waals surface area contributed by atoms with Gasteiger partial charge < -0.3 is 152 Å². The molecule has 29 atom stereocenters. The third kappa shape index (κ3) is 13.2. The third-order valence-electron chi connectivity index (χ3n) is 14.8. The fourth-order valence-corrected chi connectivity index (χ4v) is 12.2. The molecule has 41 heteroatoms. The van der Waals surface area contributed by atoms with Crippen molar-refractivity contribution < 1.29 is 172 Å². The molecule has 7 fully saturated rings. The van der Waals surface area contributed by atoms with Gasteiger partial charge in [0.2, 0.25) is 28.5 Å². The Labute approximate surface area is 466 Å². The highest BCUT2D eigenvalue weighted by molar-refractivity contribution is 7.83. The first kappa shape index (κ1) is 64.8. The van der Waals surface area contributed by atoms with Crippen molar-refractivity contribution in [3.05, 3.63) is 11.8 Å². The molecular formula is C42H56N3O36S2-5. The van der Waals surface area contributed by atoms with Crippen LogP contribution in [0.4, 0.5) is 0 Å². The van der Waals surface area contributed by atoms with Crippen LogP contribution in [0.25, 0.3) is 0 Å². The maximum atomic E-state index is 12.8. The van der Waals surface area contributed by atoms with Gasteiger partial charge in [0, 0.05) is 19.8 Å². The minimum atomic E-state index is -5.97. The highest BCUT2D eigenvalue weighted by Crippen LogP contribution is 2.57. The lowest BCUT2D eigenvalue weighted by molar-refractivity contribution is -0.388. The summed E-state index contributed by atoms with van der Waals surface area (Å²) in [5.74, 6) is -10.7. The van der Waals surface area contributed by atoms with Crippen LogP contribution in [-0.4, -0.2) is 293 Å². The number of carboxylic acid groups (broad SMARTS) is 3. The molecule has 1 saturated carbocycles. The summed E-state index contributed by atoms with van der Waals surface area (Å²) >= 11 is 0. The van der Waals surface area contributed by atoms with Crippen molar-refractivity contribution in [1.29, 1.82) is 0 Å². The summed E-state index contributed by atoms with van der Waals surface area (Å²) in [5.41, 5.74) is -1.81. The fourth-order valence-electron chi connectivity index (χ4n) is 11.1. The minimum Gasteiger partial charge on any atom is -0.735 e. The molecule has 39 nitrogen and oxygen atoms in total. The Morgan fingerprint density at radius 2 is 1.16 bits per heavy atom. The van der Waals surface area contributed by atoms with Crippen molar-refractivity contribution in [2.75, 3.05) is 19.8 Å². The highest BCUT2D eigenvalue weighted by Gasteiger charge is 2.80. The smallest absolute Gasteiger partial charge is 0.229 e. The second-order valence-electron chi connectivity index (χ2n) is 20.2. The van der Waals surface area contributed by atoms with Crippen LogP contribution in [0.3, 0.4) is 0 Å². The van der Waals surface area contributed by atoms with Crippen molar-refractivity contribution in [3.8, 4) is 0 Å². The predicted octanol–water partition coefficient (Wildman–Crippen LogP) is -15.7. The maximum absolute atomic E-state index is 12.8. The number of ether oxygens (including phenoxy) is 12. The molecular weight excluding hydrogens is 1190 g/mol. The number of epoxide rings is 1. The van der Waals surface area contributed by atoms with E-state index in [4.69, 9.17) is 56.8 Å². The Hall–Kier alpha value is -4.17. The van der Waals surface area contributed by atoms with Crippen molar-refractivity contribution >= 4 is 50.4 Å². The van der Waals surface area contributed by atoms with E-state index in [1.54, 1.807) is 4.72 Å². The Kier molecular flexibility index (Phi) is 19.4. The van der Waals surface area contributed by atoms with E-state index in [9.17, 15) is 111 Å². The van der Waals surface area contributed by atoms with Crippen LogP contribution in [0.5, 0.6) is 0 Å². The predicted molar refractivity (Wildman–Crippen MR) is 236 cm³/mol. The van der Waals surface area contributed by atoms with Gasteiger partial charge in [0.1, 0.15) is 122 Å². The molecule has 0 aromatic heterocycles. The minimum absolute atomic E-state index is 0.270. The van der Waals surface area contributed by atoms with Crippen molar-refractivity contribution in [1.82, 2.24) is 15.4 Å². The van der Waals surface area contributed by atoms with E-state index < -0.39 is 246 Å². The molecule has 0 bridgehead atoms. The molecule has 6 saturated heterocycles. The summed E-state index contributed by atoms with van der Waals surface area (Å²) in [7, 11) is -11.3. The van der Waals surface area contributed by atoms with Gasteiger partial charge in [-0.1, -0.05) is 6.92 Å². The zero-order valence-corrected chi connectivity index (χ0v) is 44.4. The molecule has 472 valence electrons. The fraction of sp³-hybridized carbons (Fsp3) is 0.833. The topological polar surface area (TPSA) is 610 Å². The highest BCUT2D eigenvalue weighted by atomic mass is 32.3. The zero-order chi connectivity index (χ0) is 61.3. The lowest BCUT2D eigenvalue weighted by Crippen LogP contribution is -2.70. The number of hydrogen-bond donors (Lipinski definition) is 12. The van der Waals surface area contributed by atoms with Gasteiger partial charge in [-0.2, -0.15) is 0 Å². The second kappa shape index (κ2) is 24.9. The molecule has 2 amide bonds. The molecule has 12 N–H and O–H groups in total. The van der Waals surface area contributed by atoms with Gasteiger partial charge in [0.25, 0.3) is 0 Å². The quantitative estimate of drug-likeness (QED) is 0.0288. The van der Waals surface area contributed by atoms with Gasteiger partial charge in [-0.15, -0.1) is 0 Å². The number of carboxylic acids is 3. The van der Waals surface area contributed by atoms with Gasteiger partial charge in [-0.25, -0.2) is 21.6 Å². The number of rotatable bonds is 21. The monoisotopic (exact) mass is 1240 g/mol. The molecule has 0 radical (unpaired) electrons. The Bertz CT molecular complexity index is 2680. The van der Waals surface area contributed by atoms with Gasteiger partial charge in [-0.3, -0.25) is 13.8 Å². The molecule has 5 unspecified atom stereocenters. The molecule has 7 aliphatic heterocycles. The Morgan fingerprint density at radius 1 is 0.627 bits per heavy atom. The number of carbonyl (C=O) groups is 5. The van der Waals surface area contributed by atoms with Gasteiger partial charge in [-0.05, 0) is 6.08 Å². The lowest BCUT2D eigenvalue weighted by Gasteiger charge is -2.51. The largest absolute Gasteiger partial charge is 0.735 e. The van der Waals surface area contributed by atoms with E-state index in [0.717, 1.165) is 13.8 Å². The number of hydrogen-bond acceptors (Lipinski definition) is 36. The lowest BCUT2D eigenvalue weighted by atomic mass is 9.87. The van der Waals surface area contributed by atoms with E-state index in [0.29, 0.717) is 6.08 Å². The number of aliphatic carboxylic acids is 3. The molecule has 1 spiro atoms. The summed E-state index contributed by atoms with van der Waals surface area (Å²) in [4.78, 5) is 62.1. The Morgan fingerprint density at radius 3 is 1.69 bits per heavy atom. The van der Waals surface area contributed by atoms with Crippen LogP contribution >= 0.6 is 0 Å². The first-order valence-electron chi connectivity index (χ1n) is 24.8. The van der Waals surface area contributed by atoms with Crippen LogP contribution in [0.15, 0.2) is 11.8 Å². The maximum Gasteiger partial charge on any atom is 0.229 e. The molecule has 7 heterocycles. The molecule has 8 rings (SSSR count). The van der Waals surface area contributed by atoms with Crippen molar-refractivity contribution in [2.45, 2.75) is 192 Å². The van der Waals surface area contributed by atoms with Gasteiger partial charge >= 0.3 is 0 Å². The van der Waals surface area contributed by atoms with Crippen LogP contribution in [0.1, 0.15) is 20.8 Å². The number of amides is 2. The summed E-state index contributed by atoms with van der Waals surface area (Å²) in [5, 5.41) is 141. The molecule has 8 aliphatic rings. The Balaban J connectivity index is 0.994. The second-order valence-corrected chi connectivity index (χ2v) is 22.4.